The number of oxime groups is 1. The summed E-state index contributed by atoms with van der Waals surface area (Å²) in [4.78, 5) is 24.4. The van der Waals surface area contributed by atoms with Gasteiger partial charge in [0.25, 0.3) is 5.91 Å². The molecule has 1 atom stereocenters. The molecule has 2 fully saturated rings. The molecule has 2 aliphatic heterocycles. The third kappa shape index (κ3) is 3.29. The lowest BCUT2D eigenvalue weighted by atomic mass is 9.84. The summed E-state index contributed by atoms with van der Waals surface area (Å²) >= 11 is 0. The van der Waals surface area contributed by atoms with Gasteiger partial charge in [0.1, 0.15) is 0 Å². The highest BCUT2D eigenvalue weighted by Gasteiger charge is 2.37. The molecule has 4 rings (SSSR count). The van der Waals surface area contributed by atoms with Crippen LogP contribution in [0.1, 0.15) is 44.1 Å². The minimum absolute atomic E-state index is 0.0419. The number of piperidine rings is 1. The molecule has 0 radical (unpaired) electrons. The van der Waals surface area contributed by atoms with Crippen molar-refractivity contribution in [3.05, 3.63) is 30.1 Å². The zero-order valence-electron chi connectivity index (χ0n) is 13.9. The fraction of sp³-hybridized carbons (Fsp3) is 0.611. The summed E-state index contributed by atoms with van der Waals surface area (Å²) in [6.45, 7) is 2.44. The third-order valence-corrected chi connectivity index (χ3v) is 5.32. The van der Waals surface area contributed by atoms with Gasteiger partial charge < -0.3 is 15.1 Å². The van der Waals surface area contributed by atoms with Gasteiger partial charge in [-0.15, -0.1) is 0 Å². The van der Waals surface area contributed by atoms with Crippen LogP contribution in [0.25, 0.3) is 0 Å². The smallest absolute Gasteiger partial charge is 0.264 e. The molecular weight excluding hydrogens is 304 g/mol. The number of nitrogens with one attached hydrogen (secondary N) is 1. The van der Waals surface area contributed by atoms with Gasteiger partial charge in [-0.25, -0.2) is 0 Å². The zero-order valence-corrected chi connectivity index (χ0v) is 13.9. The van der Waals surface area contributed by atoms with Crippen LogP contribution in [0.4, 0.5) is 0 Å². The van der Waals surface area contributed by atoms with Gasteiger partial charge in [-0.2, -0.15) is 0 Å². The summed E-state index contributed by atoms with van der Waals surface area (Å²) in [5, 5.41) is 7.18. The highest BCUT2D eigenvalue weighted by atomic mass is 16.6. The number of likely N-dealkylation sites (tertiary alicyclic amines) is 1. The molecule has 1 aromatic heterocycles. The van der Waals surface area contributed by atoms with Crippen LogP contribution < -0.4 is 5.32 Å². The Morgan fingerprint density at radius 2 is 2.08 bits per heavy atom. The Bertz CT molecular complexity index is 607. The number of aromatic nitrogens is 1. The standard InChI is InChI=1S/C18H24N4O2/c23-18(17-11-16(21-24-17)13-5-4-6-19-12-13)20-14-9-15(10-14)22-7-2-1-3-8-22/h4-6,12,14-15,17H,1-3,7-11H2,(H,20,23). The molecule has 6 nitrogen and oxygen atoms in total. The number of carbonyl (C=O) groups excluding carboxylic acids is 1. The summed E-state index contributed by atoms with van der Waals surface area (Å²) in [5.74, 6) is -0.0419. The second-order valence-electron chi connectivity index (χ2n) is 7.01. The van der Waals surface area contributed by atoms with Crippen LogP contribution in [0.5, 0.6) is 0 Å². The first-order valence-electron chi connectivity index (χ1n) is 8.97. The van der Waals surface area contributed by atoms with Gasteiger partial charge in [-0.05, 0) is 50.9 Å². The summed E-state index contributed by atoms with van der Waals surface area (Å²) in [6, 6.07) is 4.74. The number of hydrogen-bond acceptors (Lipinski definition) is 5. The van der Waals surface area contributed by atoms with Crippen LogP contribution in [0.15, 0.2) is 29.7 Å². The SMILES string of the molecule is O=C(NC1CC(N2CCCCC2)C1)C1CC(c2cccnc2)=NO1. The van der Waals surface area contributed by atoms with E-state index in [0.717, 1.165) is 24.1 Å². The first-order chi connectivity index (χ1) is 11.8. The Balaban J connectivity index is 1.22. The lowest BCUT2D eigenvalue weighted by Gasteiger charge is -2.44. The maximum atomic E-state index is 12.4. The van der Waals surface area contributed by atoms with Crippen molar-refractivity contribution < 1.29 is 9.63 Å². The average molecular weight is 328 g/mol. The van der Waals surface area contributed by atoms with E-state index in [-0.39, 0.29) is 11.9 Å². The van der Waals surface area contributed by atoms with E-state index in [1.165, 1.54) is 32.4 Å². The van der Waals surface area contributed by atoms with Gasteiger partial charge in [0.15, 0.2) is 0 Å². The van der Waals surface area contributed by atoms with Crippen LogP contribution in [-0.4, -0.2) is 52.8 Å². The second-order valence-corrected chi connectivity index (χ2v) is 7.01. The van der Waals surface area contributed by atoms with E-state index in [1.807, 2.05) is 12.1 Å². The molecule has 1 unspecified atom stereocenters. The Kier molecular flexibility index (Phi) is 4.47. The van der Waals surface area contributed by atoms with Crippen molar-refractivity contribution in [2.24, 2.45) is 5.16 Å². The maximum Gasteiger partial charge on any atom is 0.264 e. The quantitative estimate of drug-likeness (QED) is 0.914. The first kappa shape index (κ1) is 15.6. The van der Waals surface area contributed by atoms with Gasteiger partial charge in [0, 0.05) is 36.5 Å². The van der Waals surface area contributed by atoms with Crippen LogP contribution in [0.2, 0.25) is 0 Å². The summed E-state index contributed by atoms with van der Waals surface area (Å²) in [6.07, 6.45) is 9.60. The van der Waals surface area contributed by atoms with E-state index >= 15 is 0 Å². The highest BCUT2D eigenvalue weighted by Crippen LogP contribution is 2.28. The number of pyridine rings is 1. The molecule has 0 bridgehead atoms. The van der Waals surface area contributed by atoms with Crippen LogP contribution >= 0.6 is 0 Å². The molecule has 3 heterocycles. The Hall–Kier alpha value is -1.95. The fourth-order valence-electron chi connectivity index (χ4n) is 3.80. The minimum atomic E-state index is -0.505. The average Bonchev–Trinajstić information content (AvgIpc) is 3.09. The molecule has 0 aromatic carbocycles. The second kappa shape index (κ2) is 6.89. The minimum Gasteiger partial charge on any atom is -0.382 e. The topological polar surface area (TPSA) is 66.8 Å². The van der Waals surface area contributed by atoms with Crippen molar-refractivity contribution in [3.8, 4) is 0 Å². The molecule has 1 saturated carbocycles. The molecule has 1 amide bonds. The van der Waals surface area contributed by atoms with Gasteiger partial charge in [0.05, 0.1) is 5.71 Å². The molecule has 1 aliphatic carbocycles. The van der Waals surface area contributed by atoms with Crippen molar-refractivity contribution in [2.45, 2.75) is 56.7 Å². The summed E-state index contributed by atoms with van der Waals surface area (Å²) in [7, 11) is 0. The lowest BCUT2D eigenvalue weighted by molar-refractivity contribution is -0.133. The molecule has 6 heteroatoms. The van der Waals surface area contributed by atoms with Gasteiger partial charge in [-0.1, -0.05) is 11.6 Å². The van der Waals surface area contributed by atoms with Crippen molar-refractivity contribution in [3.63, 3.8) is 0 Å². The van der Waals surface area contributed by atoms with E-state index in [4.69, 9.17) is 4.84 Å². The van der Waals surface area contributed by atoms with Gasteiger partial charge in [-0.3, -0.25) is 9.78 Å². The molecular formula is C18H24N4O2. The van der Waals surface area contributed by atoms with Crippen molar-refractivity contribution >= 4 is 11.6 Å². The number of carbonyl (C=O) groups is 1. The molecule has 128 valence electrons. The molecule has 1 aromatic rings. The Labute approximate surface area is 142 Å². The van der Waals surface area contributed by atoms with E-state index < -0.39 is 6.10 Å². The van der Waals surface area contributed by atoms with E-state index in [9.17, 15) is 4.79 Å². The molecule has 3 aliphatic rings. The number of hydrogen-bond donors (Lipinski definition) is 1. The fourth-order valence-corrected chi connectivity index (χ4v) is 3.80. The molecule has 1 N–H and O–H groups in total. The van der Waals surface area contributed by atoms with Gasteiger partial charge >= 0.3 is 0 Å². The van der Waals surface area contributed by atoms with Crippen molar-refractivity contribution in [1.29, 1.82) is 0 Å². The molecule has 0 spiro atoms. The van der Waals surface area contributed by atoms with Crippen LogP contribution in [0, 0.1) is 0 Å². The Morgan fingerprint density at radius 1 is 1.25 bits per heavy atom. The predicted octanol–water partition coefficient (Wildman–Crippen LogP) is 1.71. The van der Waals surface area contributed by atoms with E-state index in [0.29, 0.717) is 12.5 Å². The van der Waals surface area contributed by atoms with Crippen LogP contribution in [0.3, 0.4) is 0 Å². The largest absolute Gasteiger partial charge is 0.382 e. The third-order valence-electron chi connectivity index (χ3n) is 5.32. The van der Waals surface area contributed by atoms with Gasteiger partial charge in [0.2, 0.25) is 6.10 Å². The number of rotatable bonds is 4. The van der Waals surface area contributed by atoms with E-state index in [1.54, 1.807) is 12.4 Å². The normalized spacial score (nSPS) is 30.2. The summed E-state index contributed by atoms with van der Waals surface area (Å²) in [5.41, 5.74) is 1.71. The molecule has 1 saturated heterocycles. The predicted molar refractivity (Wildman–Crippen MR) is 90.6 cm³/mol. The summed E-state index contributed by atoms with van der Waals surface area (Å²) < 4.78 is 0. The van der Waals surface area contributed by atoms with Crippen molar-refractivity contribution in [2.75, 3.05) is 13.1 Å². The maximum absolute atomic E-state index is 12.4. The van der Waals surface area contributed by atoms with E-state index in [2.05, 4.69) is 20.4 Å². The number of amides is 1. The lowest BCUT2D eigenvalue weighted by Crippen LogP contribution is -2.56. The number of nitrogens with zero attached hydrogens (tertiary/aromatic N) is 3. The molecule has 24 heavy (non-hydrogen) atoms. The highest BCUT2D eigenvalue weighted by molar-refractivity contribution is 6.03. The van der Waals surface area contributed by atoms with Crippen molar-refractivity contribution in [1.82, 2.24) is 15.2 Å². The monoisotopic (exact) mass is 328 g/mol. The zero-order chi connectivity index (χ0) is 16.4. The van der Waals surface area contributed by atoms with Crippen LogP contribution in [-0.2, 0) is 9.63 Å². The Morgan fingerprint density at radius 3 is 2.83 bits per heavy atom. The first-order valence-corrected chi connectivity index (χ1v) is 8.97.